The van der Waals surface area contributed by atoms with Gasteiger partial charge in [-0.2, -0.15) is 0 Å². The summed E-state index contributed by atoms with van der Waals surface area (Å²) in [6.07, 6.45) is 2.57. The van der Waals surface area contributed by atoms with Crippen LogP contribution in [0.15, 0.2) is 66.9 Å². The summed E-state index contributed by atoms with van der Waals surface area (Å²) in [6.45, 7) is 0.619. The lowest BCUT2D eigenvalue weighted by Gasteiger charge is -2.08. The van der Waals surface area contributed by atoms with E-state index in [1.165, 1.54) is 5.56 Å². The summed E-state index contributed by atoms with van der Waals surface area (Å²) >= 11 is 0. The standard InChI is InChI=1S/C19H18N2O2/c22-19(21-12-10-15-5-2-1-3-6-15)14-23-17-8-9-18-16(13-17)7-4-11-20-18/h1-9,11,13H,10,12,14H2,(H,21,22). The van der Waals surface area contributed by atoms with Gasteiger partial charge in [-0.1, -0.05) is 36.4 Å². The lowest BCUT2D eigenvalue weighted by molar-refractivity contribution is -0.123. The predicted molar refractivity (Wildman–Crippen MR) is 90.4 cm³/mol. The molecule has 0 saturated heterocycles. The van der Waals surface area contributed by atoms with E-state index in [0.29, 0.717) is 12.3 Å². The lowest BCUT2D eigenvalue weighted by atomic mass is 10.1. The van der Waals surface area contributed by atoms with Crippen LogP contribution in [0.5, 0.6) is 5.75 Å². The topological polar surface area (TPSA) is 51.2 Å². The molecule has 0 atom stereocenters. The molecule has 3 aromatic rings. The number of rotatable bonds is 6. The van der Waals surface area contributed by atoms with Gasteiger partial charge in [0.1, 0.15) is 5.75 Å². The van der Waals surface area contributed by atoms with Crippen molar-refractivity contribution in [1.82, 2.24) is 10.3 Å². The van der Waals surface area contributed by atoms with Crippen LogP contribution >= 0.6 is 0 Å². The van der Waals surface area contributed by atoms with Crippen molar-refractivity contribution in [1.29, 1.82) is 0 Å². The number of hydrogen-bond donors (Lipinski definition) is 1. The fourth-order valence-electron chi connectivity index (χ4n) is 2.33. The van der Waals surface area contributed by atoms with Gasteiger partial charge in [0.2, 0.25) is 0 Å². The average Bonchev–Trinajstić information content (AvgIpc) is 2.61. The number of carbonyl (C=O) groups is 1. The van der Waals surface area contributed by atoms with Crippen LogP contribution in [-0.4, -0.2) is 24.0 Å². The number of nitrogens with one attached hydrogen (secondary N) is 1. The van der Waals surface area contributed by atoms with E-state index in [9.17, 15) is 4.79 Å². The van der Waals surface area contributed by atoms with Crippen LogP contribution in [0.2, 0.25) is 0 Å². The Balaban J connectivity index is 1.46. The predicted octanol–water partition coefficient (Wildman–Crippen LogP) is 2.97. The Morgan fingerprint density at radius 3 is 2.78 bits per heavy atom. The third-order valence-corrected chi connectivity index (χ3v) is 3.52. The van der Waals surface area contributed by atoms with Crippen molar-refractivity contribution in [2.75, 3.05) is 13.2 Å². The van der Waals surface area contributed by atoms with E-state index in [-0.39, 0.29) is 12.5 Å². The van der Waals surface area contributed by atoms with Gasteiger partial charge < -0.3 is 10.1 Å². The molecule has 1 aromatic heterocycles. The second-order valence-electron chi connectivity index (χ2n) is 5.23. The van der Waals surface area contributed by atoms with Crippen molar-refractivity contribution < 1.29 is 9.53 Å². The molecule has 0 aliphatic carbocycles. The largest absolute Gasteiger partial charge is 0.484 e. The number of aromatic nitrogens is 1. The summed E-state index contributed by atoms with van der Waals surface area (Å²) in [4.78, 5) is 16.1. The first-order valence-corrected chi connectivity index (χ1v) is 7.59. The van der Waals surface area contributed by atoms with E-state index in [1.807, 2.05) is 60.7 Å². The van der Waals surface area contributed by atoms with Crippen LogP contribution < -0.4 is 10.1 Å². The number of benzene rings is 2. The molecule has 0 spiro atoms. The maximum Gasteiger partial charge on any atom is 0.257 e. The molecule has 23 heavy (non-hydrogen) atoms. The normalized spacial score (nSPS) is 10.4. The zero-order valence-corrected chi connectivity index (χ0v) is 12.7. The van der Waals surface area contributed by atoms with Crippen molar-refractivity contribution >= 4 is 16.8 Å². The molecule has 0 radical (unpaired) electrons. The maximum atomic E-state index is 11.8. The van der Waals surface area contributed by atoms with Gasteiger partial charge >= 0.3 is 0 Å². The van der Waals surface area contributed by atoms with Crippen molar-refractivity contribution in [3.63, 3.8) is 0 Å². The summed E-state index contributed by atoms with van der Waals surface area (Å²) in [6, 6.07) is 19.5. The van der Waals surface area contributed by atoms with Crippen LogP contribution in [0.3, 0.4) is 0 Å². The number of nitrogens with zero attached hydrogens (tertiary/aromatic N) is 1. The molecule has 2 aromatic carbocycles. The van der Waals surface area contributed by atoms with Gasteiger partial charge in [0, 0.05) is 18.1 Å². The van der Waals surface area contributed by atoms with Crippen LogP contribution in [0, 0.1) is 0 Å². The third kappa shape index (κ3) is 4.30. The maximum absolute atomic E-state index is 11.8. The van der Waals surface area contributed by atoms with Crippen LogP contribution in [0.25, 0.3) is 10.9 Å². The minimum absolute atomic E-state index is 0.0144. The fourth-order valence-corrected chi connectivity index (χ4v) is 2.33. The number of fused-ring (bicyclic) bond motifs is 1. The molecule has 1 amide bonds. The van der Waals surface area contributed by atoms with E-state index >= 15 is 0 Å². The first kappa shape index (κ1) is 15.0. The molecule has 0 aliphatic heterocycles. The molecule has 4 nitrogen and oxygen atoms in total. The Kier molecular flexibility index (Phi) is 4.84. The molecule has 3 rings (SSSR count). The molecule has 116 valence electrons. The van der Waals surface area contributed by atoms with Gasteiger partial charge in [-0.25, -0.2) is 0 Å². The number of amides is 1. The molecule has 0 bridgehead atoms. The quantitative estimate of drug-likeness (QED) is 0.762. The molecular weight excluding hydrogens is 288 g/mol. The number of pyridine rings is 1. The van der Waals surface area contributed by atoms with E-state index in [1.54, 1.807) is 6.20 Å². The molecule has 0 fully saturated rings. The Labute approximate surface area is 135 Å². The summed E-state index contributed by atoms with van der Waals surface area (Å²) in [5.74, 6) is 0.552. The summed E-state index contributed by atoms with van der Waals surface area (Å²) in [7, 11) is 0. The van der Waals surface area contributed by atoms with Gasteiger partial charge in [0.15, 0.2) is 6.61 Å². The zero-order chi connectivity index (χ0) is 15.9. The second-order valence-corrected chi connectivity index (χ2v) is 5.23. The van der Waals surface area contributed by atoms with Gasteiger partial charge in [0.25, 0.3) is 5.91 Å². The highest BCUT2D eigenvalue weighted by Crippen LogP contribution is 2.18. The van der Waals surface area contributed by atoms with E-state index in [2.05, 4.69) is 10.3 Å². The minimum Gasteiger partial charge on any atom is -0.484 e. The van der Waals surface area contributed by atoms with Crippen LogP contribution in [0.1, 0.15) is 5.56 Å². The molecule has 0 saturated carbocycles. The van der Waals surface area contributed by atoms with Gasteiger partial charge in [0.05, 0.1) is 5.52 Å². The first-order chi connectivity index (χ1) is 11.3. The van der Waals surface area contributed by atoms with E-state index in [4.69, 9.17) is 4.74 Å². The molecule has 0 aliphatic rings. The highest BCUT2D eigenvalue weighted by Gasteiger charge is 2.03. The lowest BCUT2D eigenvalue weighted by Crippen LogP contribution is -2.30. The Morgan fingerprint density at radius 1 is 1.04 bits per heavy atom. The average molecular weight is 306 g/mol. The summed E-state index contributed by atoms with van der Waals surface area (Å²) in [5.41, 5.74) is 2.11. The van der Waals surface area contributed by atoms with E-state index < -0.39 is 0 Å². The zero-order valence-electron chi connectivity index (χ0n) is 12.7. The monoisotopic (exact) mass is 306 g/mol. The number of hydrogen-bond acceptors (Lipinski definition) is 3. The fraction of sp³-hybridized carbons (Fsp3) is 0.158. The molecular formula is C19H18N2O2. The highest BCUT2D eigenvalue weighted by atomic mass is 16.5. The Hall–Kier alpha value is -2.88. The second kappa shape index (κ2) is 7.40. The SMILES string of the molecule is O=C(COc1ccc2ncccc2c1)NCCc1ccccc1. The van der Waals surface area contributed by atoms with Crippen molar-refractivity contribution in [3.8, 4) is 5.75 Å². The number of ether oxygens (including phenoxy) is 1. The molecule has 4 heteroatoms. The Morgan fingerprint density at radius 2 is 1.91 bits per heavy atom. The van der Waals surface area contributed by atoms with Gasteiger partial charge in [-0.15, -0.1) is 0 Å². The first-order valence-electron chi connectivity index (χ1n) is 7.59. The summed E-state index contributed by atoms with van der Waals surface area (Å²) < 4.78 is 5.54. The Bertz CT molecular complexity index is 787. The molecule has 1 N–H and O–H groups in total. The molecule has 1 heterocycles. The van der Waals surface area contributed by atoms with Gasteiger partial charge in [-0.3, -0.25) is 9.78 Å². The van der Waals surface area contributed by atoms with Crippen molar-refractivity contribution in [3.05, 3.63) is 72.4 Å². The van der Waals surface area contributed by atoms with Crippen LogP contribution in [-0.2, 0) is 11.2 Å². The van der Waals surface area contributed by atoms with E-state index in [0.717, 1.165) is 17.3 Å². The highest BCUT2D eigenvalue weighted by molar-refractivity contribution is 5.80. The third-order valence-electron chi connectivity index (χ3n) is 3.52. The minimum atomic E-state index is -0.118. The number of carbonyl (C=O) groups excluding carboxylic acids is 1. The van der Waals surface area contributed by atoms with Crippen molar-refractivity contribution in [2.45, 2.75) is 6.42 Å². The smallest absolute Gasteiger partial charge is 0.257 e. The van der Waals surface area contributed by atoms with Gasteiger partial charge in [-0.05, 0) is 36.2 Å². The van der Waals surface area contributed by atoms with Crippen LogP contribution in [0.4, 0.5) is 0 Å². The van der Waals surface area contributed by atoms with Crippen molar-refractivity contribution in [2.24, 2.45) is 0 Å². The summed E-state index contributed by atoms with van der Waals surface area (Å²) in [5, 5.41) is 3.86. The molecule has 0 unspecified atom stereocenters.